The molecule has 1 N–H and O–H groups in total. The summed E-state index contributed by atoms with van der Waals surface area (Å²) >= 11 is 0. The summed E-state index contributed by atoms with van der Waals surface area (Å²) in [6.45, 7) is 11.0. The Morgan fingerprint density at radius 1 is 1.38 bits per heavy atom. The van der Waals surface area contributed by atoms with E-state index >= 15 is 0 Å². The van der Waals surface area contributed by atoms with Crippen molar-refractivity contribution < 1.29 is 5.11 Å². The third-order valence-corrected chi connectivity index (χ3v) is 2.85. The monoisotopic (exact) mass is 185 g/mol. The molecular formula is C11H23NO. The molecule has 2 atom stereocenters. The van der Waals surface area contributed by atoms with E-state index in [2.05, 4.69) is 32.6 Å². The molecule has 0 aliphatic carbocycles. The first-order valence-corrected chi connectivity index (χ1v) is 5.36. The average Bonchev–Trinajstić information content (AvgIpc) is 2.30. The van der Waals surface area contributed by atoms with Gasteiger partial charge in [0, 0.05) is 12.6 Å². The molecule has 0 spiro atoms. The average molecular weight is 185 g/mol. The first-order valence-electron chi connectivity index (χ1n) is 5.36. The standard InChI is InChI=1S/C11H23NO/c1-5-12-7-6-10(13)9(12)8-11(2,3)4/h9-10,13H,5-8H2,1-4H3/t9-,10+/m1/s1. The van der Waals surface area contributed by atoms with Gasteiger partial charge in [0.05, 0.1) is 6.10 Å². The van der Waals surface area contributed by atoms with Crippen LogP contribution in [0.3, 0.4) is 0 Å². The lowest BCUT2D eigenvalue weighted by atomic mass is 9.86. The summed E-state index contributed by atoms with van der Waals surface area (Å²) in [6.07, 6.45) is 1.95. The van der Waals surface area contributed by atoms with Crippen LogP contribution in [0.2, 0.25) is 0 Å². The minimum atomic E-state index is -0.0980. The molecule has 1 heterocycles. The van der Waals surface area contributed by atoms with E-state index in [0.29, 0.717) is 11.5 Å². The molecule has 1 rings (SSSR count). The summed E-state index contributed by atoms with van der Waals surface area (Å²) in [5.41, 5.74) is 0.323. The van der Waals surface area contributed by atoms with Crippen LogP contribution < -0.4 is 0 Å². The second kappa shape index (κ2) is 3.97. The highest BCUT2D eigenvalue weighted by atomic mass is 16.3. The summed E-state index contributed by atoms with van der Waals surface area (Å²) in [6, 6.07) is 0.394. The third-order valence-electron chi connectivity index (χ3n) is 2.85. The Hall–Kier alpha value is -0.0800. The molecule has 0 aromatic carbocycles. The van der Waals surface area contributed by atoms with E-state index in [1.54, 1.807) is 0 Å². The largest absolute Gasteiger partial charge is 0.391 e. The number of nitrogens with zero attached hydrogens (tertiary/aromatic N) is 1. The van der Waals surface area contributed by atoms with Gasteiger partial charge in [0.1, 0.15) is 0 Å². The van der Waals surface area contributed by atoms with Crippen LogP contribution in [0.15, 0.2) is 0 Å². The van der Waals surface area contributed by atoms with Gasteiger partial charge in [0.15, 0.2) is 0 Å². The number of likely N-dealkylation sites (N-methyl/N-ethyl adjacent to an activating group) is 1. The van der Waals surface area contributed by atoms with Crippen LogP contribution in [0.25, 0.3) is 0 Å². The fourth-order valence-electron chi connectivity index (χ4n) is 2.18. The number of rotatable bonds is 2. The summed E-state index contributed by atoms with van der Waals surface area (Å²) < 4.78 is 0. The minimum Gasteiger partial charge on any atom is -0.391 e. The van der Waals surface area contributed by atoms with Gasteiger partial charge in [-0.25, -0.2) is 0 Å². The molecule has 1 aliphatic heterocycles. The molecule has 1 aliphatic rings. The van der Waals surface area contributed by atoms with Crippen LogP contribution in [-0.2, 0) is 0 Å². The Labute approximate surface area is 81.9 Å². The van der Waals surface area contributed by atoms with E-state index in [0.717, 1.165) is 25.9 Å². The third kappa shape index (κ3) is 2.96. The molecule has 0 amide bonds. The second-order valence-corrected chi connectivity index (χ2v) is 5.32. The van der Waals surface area contributed by atoms with Crippen molar-refractivity contribution >= 4 is 0 Å². The smallest absolute Gasteiger partial charge is 0.0707 e. The zero-order valence-electron chi connectivity index (χ0n) is 9.38. The van der Waals surface area contributed by atoms with Gasteiger partial charge in [-0.1, -0.05) is 27.7 Å². The van der Waals surface area contributed by atoms with Crippen molar-refractivity contribution in [1.82, 2.24) is 4.90 Å². The van der Waals surface area contributed by atoms with Crippen LogP contribution in [0, 0.1) is 5.41 Å². The Balaban J connectivity index is 2.54. The highest BCUT2D eigenvalue weighted by Gasteiger charge is 2.34. The first-order chi connectivity index (χ1) is 5.94. The van der Waals surface area contributed by atoms with Crippen molar-refractivity contribution in [3.05, 3.63) is 0 Å². The van der Waals surface area contributed by atoms with E-state index in [9.17, 15) is 5.11 Å². The summed E-state index contributed by atoms with van der Waals surface area (Å²) in [4.78, 5) is 2.40. The molecule has 0 bridgehead atoms. The molecule has 1 saturated heterocycles. The van der Waals surface area contributed by atoms with Crippen molar-refractivity contribution in [3.8, 4) is 0 Å². The number of hydrogen-bond acceptors (Lipinski definition) is 2. The van der Waals surface area contributed by atoms with Gasteiger partial charge in [-0.3, -0.25) is 4.90 Å². The second-order valence-electron chi connectivity index (χ2n) is 5.32. The molecule has 0 radical (unpaired) electrons. The molecule has 0 saturated carbocycles. The van der Waals surface area contributed by atoms with E-state index < -0.39 is 0 Å². The van der Waals surface area contributed by atoms with Gasteiger partial charge >= 0.3 is 0 Å². The number of aliphatic hydroxyl groups excluding tert-OH is 1. The summed E-state index contributed by atoms with van der Waals surface area (Å²) in [7, 11) is 0. The Kier molecular flexibility index (Phi) is 3.36. The lowest BCUT2D eigenvalue weighted by molar-refractivity contribution is 0.0889. The van der Waals surface area contributed by atoms with Crippen molar-refractivity contribution in [1.29, 1.82) is 0 Å². The molecule has 0 aromatic rings. The molecule has 1 fully saturated rings. The molecular weight excluding hydrogens is 162 g/mol. The van der Waals surface area contributed by atoms with Crippen molar-refractivity contribution in [2.75, 3.05) is 13.1 Å². The minimum absolute atomic E-state index is 0.0980. The number of likely N-dealkylation sites (tertiary alicyclic amines) is 1. The maximum Gasteiger partial charge on any atom is 0.0707 e. The van der Waals surface area contributed by atoms with E-state index in [-0.39, 0.29) is 6.10 Å². The maximum atomic E-state index is 9.81. The van der Waals surface area contributed by atoms with Gasteiger partial charge in [-0.05, 0) is 24.8 Å². The zero-order chi connectivity index (χ0) is 10.1. The Morgan fingerprint density at radius 2 is 2.00 bits per heavy atom. The fraction of sp³-hybridized carbons (Fsp3) is 1.00. The van der Waals surface area contributed by atoms with E-state index in [1.165, 1.54) is 0 Å². The number of hydrogen-bond donors (Lipinski definition) is 1. The van der Waals surface area contributed by atoms with Crippen LogP contribution in [0.4, 0.5) is 0 Å². The zero-order valence-corrected chi connectivity index (χ0v) is 9.38. The topological polar surface area (TPSA) is 23.5 Å². The summed E-state index contributed by atoms with van der Waals surface area (Å²) in [5.74, 6) is 0. The van der Waals surface area contributed by atoms with Crippen molar-refractivity contribution in [3.63, 3.8) is 0 Å². The highest BCUT2D eigenvalue weighted by molar-refractivity contribution is 4.88. The van der Waals surface area contributed by atoms with Gasteiger partial charge in [0.25, 0.3) is 0 Å². The molecule has 0 unspecified atom stereocenters. The van der Waals surface area contributed by atoms with E-state index in [4.69, 9.17) is 0 Å². The van der Waals surface area contributed by atoms with Gasteiger partial charge in [-0.2, -0.15) is 0 Å². The van der Waals surface area contributed by atoms with Crippen LogP contribution >= 0.6 is 0 Å². The molecule has 13 heavy (non-hydrogen) atoms. The molecule has 78 valence electrons. The molecule has 2 nitrogen and oxygen atoms in total. The molecule has 0 aromatic heterocycles. The summed E-state index contributed by atoms with van der Waals surface area (Å²) in [5, 5.41) is 9.81. The number of aliphatic hydroxyl groups is 1. The van der Waals surface area contributed by atoms with E-state index in [1.807, 2.05) is 0 Å². The first kappa shape index (κ1) is 11.0. The fourth-order valence-corrected chi connectivity index (χ4v) is 2.18. The lowest BCUT2D eigenvalue weighted by Crippen LogP contribution is -2.38. The van der Waals surface area contributed by atoms with Crippen LogP contribution in [0.5, 0.6) is 0 Å². The predicted molar refractivity (Wildman–Crippen MR) is 55.7 cm³/mol. The Morgan fingerprint density at radius 3 is 2.46 bits per heavy atom. The van der Waals surface area contributed by atoms with Gasteiger partial charge in [-0.15, -0.1) is 0 Å². The quantitative estimate of drug-likeness (QED) is 0.710. The highest BCUT2D eigenvalue weighted by Crippen LogP contribution is 2.29. The van der Waals surface area contributed by atoms with Gasteiger partial charge < -0.3 is 5.11 Å². The van der Waals surface area contributed by atoms with Crippen LogP contribution in [-0.4, -0.2) is 35.2 Å². The lowest BCUT2D eigenvalue weighted by Gasteiger charge is -2.31. The SMILES string of the molecule is CCN1CC[C@H](O)[C@H]1CC(C)(C)C. The normalized spacial score (nSPS) is 31.2. The van der Waals surface area contributed by atoms with Crippen molar-refractivity contribution in [2.45, 2.75) is 52.7 Å². The van der Waals surface area contributed by atoms with Crippen LogP contribution in [0.1, 0.15) is 40.5 Å². The van der Waals surface area contributed by atoms with Gasteiger partial charge in [0.2, 0.25) is 0 Å². The molecule has 2 heteroatoms. The maximum absolute atomic E-state index is 9.81. The Bertz CT molecular complexity index is 162. The van der Waals surface area contributed by atoms with Crippen molar-refractivity contribution in [2.24, 2.45) is 5.41 Å². The predicted octanol–water partition coefficient (Wildman–Crippen LogP) is 1.88.